The van der Waals surface area contributed by atoms with Gasteiger partial charge in [-0.2, -0.15) is 11.3 Å². The number of hydrogen-bond acceptors (Lipinski definition) is 2. The molecule has 2 rings (SSSR count). The van der Waals surface area contributed by atoms with Gasteiger partial charge >= 0.3 is 0 Å². The first kappa shape index (κ1) is 8.97. The smallest absolute Gasteiger partial charge is 0.248 e. The molecule has 0 atom stereocenters. The molecule has 0 fully saturated rings. The lowest BCUT2D eigenvalue weighted by molar-refractivity contribution is 0.100. The number of hydrogen-bond donors (Lipinski definition) is 1. The summed E-state index contributed by atoms with van der Waals surface area (Å²) in [6, 6.07) is 9.35. The first-order valence-electron chi connectivity index (χ1n) is 4.20. The standard InChI is InChI=1S/C11H9NOS/c12-11(13)9-3-1-8(2-4-9)10-5-6-14-7-10/h1-7H,(H2,12,13). The van der Waals surface area contributed by atoms with E-state index < -0.39 is 0 Å². The lowest BCUT2D eigenvalue weighted by Gasteiger charge is -1.98. The Morgan fingerprint density at radius 3 is 2.29 bits per heavy atom. The molecule has 1 amide bonds. The maximum Gasteiger partial charge on any atom is 0.248 e. The Hall–Kier alpha value is -1.61. The first-order valence-corrected chi connectivity index (χ1v) is 5.14. The lowest BCUT2D eigenvalue weighted by Crippen LogP contribution is -2.10. The van der Waals surface area contributed by atoms with Gasteiger partial charge in [0.25, 0.3) is 0 Å². The Labute approximate surface area is 86.0 Å². The molecular formula is C11H9NOS. The Kier molecular flexibility index (Phi) is 2.33. The number of primary amides is 1. The van der Waals surface area contributed by atoms with Gasteiger partial charge in [0.05, 0.1) is 0 Å². The second kappa shape index (κ2) is 3.64. The third-order valence-corrected chi connectivity index (χ3v) is 2.71. The van der Waals surface area contributed by atoms with Crippen molar-refractivity contribution < 1.29 is 4.79 Å². The van der Waals surface area contributed by atoms with E-state index in [-0.39, 0.29) is 5.91 Å². The SMILES string of the molecule is NC(=O)c1ccc(-c2ccsc2)cc1. The molecule has 0 radical (unpaired) electrons. The van der Waals surface area contributed by atoms with Gasteiger partial charge in [0.2, 0.25) is 5.91 Å². The maximum atomic E-state index is 10.8. The van der Waals surface area contributed by atoms with Gasteiger partial charge in [-0.15, -0.1) is 0 Å². The molecule has 1 aromatic carbocycles. The van der Waals surface area contributed by atoms with E-state index in [1.165, 1.54) is 5.56 Å². The van der Waals surface area contributed by atoms with Crippen LogP contribution >= 0.6 is 11.3 Å². The first-order chi connectivity index (χ1) is 6.77. The van der Waals surface area contributed by atoms with Gasteiger partial charge < -0.3 is 5.73 Å². The van der Waals surface area contributed by atoms with Crippen LogP contribution in [0.1, 0.15) is 10.4 Å². The minimum absolute atomic E-state index is 0.387. The summed E-state index contributed by atoms with van der Waals surface area (Å²) in [5.74, 6) is -0.387. The fourth-order valence-corrected chi connectivity index (χ4v) is 1.92. The van der Waals surface area contributed by atoms with Crippen molar-refractivity contribution in [3.63, 3.8) is 0 Å². The van der Waals surface area contributed by atoms with Crippen LogP contribution in [-0.2, 0) is 0 Å². The Morgan fingerprint density at radius 2 is 1.79 bits per heavy atom. The molecule has 0 bridgehead atoms. The number of amides is 1. The van der Waals surface area contributed by atoms with Gasteiger partial charge in [-0.05, 0) is 40.1 Å². The minimum atomic E-state index is -0.387. The quantitative estimate of drug-likeness (QED) is 0.800. The molecular weight excluding hydrogens is 194 g/mol. The number of rotatable bonds is 2. The van der Waals surface area contributed by atoms with E-state index in [9.17, 15) is 4.79 Å². The normalized spacial score (nSPS) is 10.0. The zero-order valence-corrected chi connectivity index (χ0v) is 8.25. The third kappa shape index (κ3) is 1.67. The number of nitrogens with two attached hydrogens (primary N) is 1. The second-order valence-corrected chi connectivity index (χ2v) is 3.73. The van der Waals surface area contributed by atoms with Crippen LogP contribution in [0.3, 0.4) is 0 Å². The molecule has 0 saturated heterocycles. The number of benzene rings is 1. The molecule has 0 unspecified atom stereocenters. The number of thiophene rings is 1. The summed E-state index contributed by atoms with van der Waals surface area (Å²) < 4.78 is 0. The van der Waals surface area contributed by atoms with Crippen LogP contribution in [0.15, 0.2) is 41.1 Å². The minimum Gasteiger partial charge on any atom is -0.366 e. The van der Waals surface area contributed by atoms with Gasteiger partial charge in [-0.3, -0.25) is 4.79 Å². The predicted octanol–water partition coefficient (Wildman–Crippen LogP) is 2.51. The zero-order chi connectivity index (χ0) is 9.97. The van der Waals surface area contributed by atoms with Gasteiger partial charge in [0.1, 0.15) is 0 Å². The number of carbonyl (C=O) groups excluding carboxylic acids is 1. The Morgan fingerprint density at radius 1 is 1.07 bits per heavy atom. The maximum absolute atomic E-state index is 10.8. The Balaban J connectivity index is 2.36. The summed E-state index contributed by atoms with van der Waals surface area (Å²) in [7, 11) is 0. The van der Waals surface area contributed by atoms with E-state index >= 15 is 0 Å². The average Bonchev–Trinajstić information content (AvgIpc) is 2.71. The molecule has 14 heavy (non-hydrogen) atoms. The molecule has 1 aromatic heterocycles. The molecule has 0 spiro atoms. The number of carbonyl (C=O) groups is 1. The molecule has 0 aliphatic rings. The van der Waals surface area contributed by atoms with E-state index in [0.717, 1.165) is 5.56 Å². The highest BCUT2D eigenvalue weighted by Gasteiger charge is 2.01. The largest absolute Gasteiger partial charge is 0.366 e. The lowest BCUT2D eigenvalue weighted by atomic mass is 10.1. The van der Waals surface area contributed by atoms with Crippen molar-refractivity contribution in [2.45, 2.75) is 0 Å². The summed E-state index contributed by atoms with van der Waals surface area (Å²) >= 11 is 1.65. The highest BCUT2D eigenvalue weighted by atomic mass is 32.1. The molecule has 0 saturated carbocycles. The van der Waals surface area contributed by atoms with E-state index in [0.29, 0.717) is 5.56 Å². The fraction of sp³-hybridized carbons (Fsp3) is 0. The average molecular weight is 203 g/mol. The Bertz CT molecular complexity index is 431. The molecule has 2 aromatic rings. The zero-order valence-electron chi connectivity index (χ0n) is 7.44. The van der Waals surface area contributed by atoms with Gasteiger partial charge in [0.15, 0.2) is 0 Å². The van der Waals surface area contributed by atoms with Crippen molar-refractivity contribution in [3.05, 3.63) is 46.7 Å². The fourth-order valence-electron chi connectivity index (χ4n) is 1.26. The van der Waals surface area contributed by atoms with Crippen molar-refractivity contribution >= 4 is 17.2 Å². The van der Waals surface area contributed by atoms with Crippen molar-refractivity contribution in [1.29, 1.82) is 0 Å². The summed E-state index contributed by atoms with van der Waals surface area (Å²) in [5.41, 5.74) is 7.97. The van der Waals surface area contributed by atoms with E-state index in [1.54, 1.807) is 23.5 Å². The van der Waals surface area contributed by atoms with Crippen molar-refractivity contribution in [2.75, 3.05) is 0 Å². The van der Waals surface area contributed by atoms with Crippen LogP contribution in [-0.4, -0.2) is 5.91 Å². The highest BCUT2D eigenvalue weighted by Crippen LogP contribution is 2.21. The molecule has 2 N–H and O–H groups in total. The molecule has 70 valence electrons. The highest BCUT2D eigenvalue weighted by molar-refractivity contribution is 7.08. The summed E-state index contributed by atoms with van der Waals surface area (Å²) in [6.45, 7) is 0. The van der Waals surface area contributed by atoms with Gasteiger partial charge in [-0.1, -0.05) is 12.1 Å². The topological polar surface area (TPSA) is 43.1 Å². The van der Waals surface area contributed by atoms with Gasteiger partial charge in [0, 0.05) is 5.56 Å². The third-order valence-electron chi connectivity index (χ3n) is 2.02. The van der Waals surface area contributed by atoms with E-state index in [1.807, 2.05) is 23.6 Å². The molecule has 2 nitrogen and oxygen atoms in total. The van der Waals surface area contributed by atoms with Crippen molar-refractivity contribution in [2.24, 2.45) is 5.73 Å². The summed E-state index contributed by atoms with van der Waals surface area (Å²) in [6.07, 6.45) is 0. The van der Waals surface area contributed by atoms with Crippen LogP contribution in [0.25, 0.3) is 11.1 Å². The van der Waals surface area contributed by atoms with Crippen LogP contribution in [0.2, 0.25) is 0 Å². The predicted molar refractivity (Wildman–Crippen MR) is 58.3 cm³/mol. The van der Waals surface area contributed by atoms with Crippen molar-refractivity contribution in [3.8, 4) is 11.1 Å². The van der Waals surface area contributed by atoms with E-state index in [2.05, 4.69) is 5.38 Å². The van der Waals surface area contributed by atoms with Crippen molar-refractivity contribution in [1.82, 2.24) is 0 Å². The van der Waals surface area contributed by atoms with Crippen LogP contribution in [0, 0.1) is 0 Å². The summed E-state index contributed by atoms with van der Waals surface area (Å²) in [5, 5.41) is 4.09. The van der Waals surface area contributed by atoms with Gasteiger partial charge in [-0.25, -0.2) is 0 Å². The van der Waals surface area contributed by atoms with Crippen LogP contribution in [0.4, 0.5) is 0 Å². The second-order valence-electron chi connectivity index (χ2n) is 2.95. The monoisotopic (exact) mass is 203 g/mol. The summed E-state index contributed by atoms with van der Waals surface area (Å²) in [4.78, 5) is 10.8. The molecule has 0 aliphatic heterocycles. The molecule has 3 heteroatoms. The molecule has 0 aliphatic carbocycles. The van der Waals surface area contributed by atoms with Crippen LogP contribution in [0.5, 0.6) is 0 Å². The van der Waals surface area contributed by atoms with E-state index in [4.69, 9.17) is 5.73 Å². The molecule has 1 heterocycles. The van der Waals surface area contributed by atoms with Crippen LogP contribution < -0.4 is 5.73 Å².